The number of hydrogen-bond acceptors (Lipinski definition) is 2. The van der Waals surface area contributed by atoms with Gasteiger partial charge in [0, 0.05) is 24.4 Å². The summed E-state index contributed by atoms with van der Waals surface area (Å²) in [6.45, 7) is 4.47. The minimum atomic E-state index is 0.286. The van der Waals surface area contributed by atoms with Crippen molar-refractivity contribution in [1.29, 1.82) is 0 Å². The van der Waals surface area contributed by atoms with E-state index in [1.165, 1.54) is 37.7 Å². The zero-order chi connectivity index (χ0) is 13.7. The highest BCUT2D eigenvalue weighted by Gasteiger charge is 2.25. The molecule has 106 valence electrons. The highest BCUT2D eigenvalue weighted by molar-refractivity contribution is 5.14. The van der Waals surface area contributed by atoms with Crippen LogP contribution in [0.25, 0.3) is 0 Å². The molecule has 0 amide bonds. The first-order chi connectivity index (χ1) is 9.22. The lowest BCUT2D eigenvalue weighted by Gasteiger charge is -2.32. The third-order valence-electron chi connectivity index (χ3n) is 4.75. The first kappa shape index (κ1) is 14.5. The summed E-state index contributed by atoms with van der Waals surface area (Å²) in [5.41, 5.74) is 8.89. The molecule has 1 fully saturated rings. The van der Waals surface area contributed by atoms with E-state index in [0.717, 1.165) is 24.5 Å². The second-order valence-electron chi connectivity index (χ2n) is 6.08. The van der Waals surface area contributed by atoms with Gasteiger partial charge in [-0.25, -0.2) is 0 Å². The Morgan fingerprint density at radius 1 is 1.32 bits per heavy atom. The summed E-state index contributed by atoms with van der Waals surface area (Å²) >= 11 is 0. The summed E-state index contributed by atoms with van der Waals surface area (Å²) in [5, 5.41) is 0. The fourth-order valence-corrected chi connectivity index (χ4v) is 3.29. The molecule has 3 unspecified atom stereocenters. The third kappa shape index (κ3) is 4.04. The Bertz CT molecular complexity index is 371. The number of hydrogen-bond donors (Lipinski definition) is 1. The fraction of sp³-hybridized carbons (Fsp3) is 0.706. The van der Waals surface area contributed by atoms with Gasteiger partial charge in [-0.3, -0.25) is 4.98 Å². The van der Waals surface area contributed by atoms with Crippen LogP contribution in [-0.2, 0) is 12.8 Å². The Morgan fingerprint density at radius 3 is 2.79 bits per heavy atom. The number of aryl methyl sites for hydroxylation is 1. The molecular weight excluding hydrogens is 232 g/mol. The maximum atomic E-state index is 6.43. The number of pyridine rings is 1. The summed E-state index contributed by atoms with van der Waals surface area (Å²) in [5.74, 6) is 1.60. The average Bonchev–Trinajstić information content (AvgIpc) is 2.48. The van der Waals surface area contributed by atoms with E-state index in [9.17, 15) is 0 Å². The van der Waals surface area contributed by atoms with Crippen LogP contribution >= 0.6 is 0 Å². The molecule has 3 atom stereocenters. The van der Waals surface area contributed by atoms with Gasteiger partial charge in [-0.2, -0.15) is 0 Å². The molecule has 0 bridgehead atoms. The van der Waals surface area contributed by atoms with Gasteiger partial charge in [0.25, 0.3) is 0 Å². The Labute approximate surface area is 117 Å². The van der Waals surface area contributed by atoms with E-state index < -0.39 is 0 Å². The summed E-state index contributed by atoms with van der Waals surface area (Å²) in [6.07, 6.45) is 10.7. The van der Waals surface area contributed by atoms with Crippen LogP contribution in [-0.4, -0.2) is 11.0 Å². The van der Waals surface area contributed by atoms with Crippen molar-refractivity contribution in [3.8, 4) is 0 Å². The van der Waals surface area contributed by atoms with Gasteiger partial charge >= 0.3 is 0 Å². The van der Waals surface area contributed by atoms with Crippen molar-refractivity contribution in [3.05, 3.63) is 29.6 Å². The molecule has 1 aliphatic rings. The number of rotatable bonds is 5. The lowest BCUT2D eigenvalue weighted by Crippen LogP contribution is -2.35. The van der Waals surface area contributed by atoms with Crippen molar-refractivity contribution < 1.29 is 0 Å². The molecule has 1 saturated carbocycles. The molecule has 1 aromatic rings. The van der Waals surface area contributed by atoms with Crippen molar-refractivity contribution in [2.24, 2.45) is 17.6 Å². The molecule has 2 N–H and O–H groups in total. The Morgan fingerprint density at radius 2 is 2.16 bits per heavy atom. The molecular formula is C17H28N2. The fourth-order valence-electron chi connectivity index (χ4n) is 3.29. The standard InChI is InChI=1S/C17H28N2/c1-3-13-6-5-7-15(10-13)17(18)11-16-9-8-14(4-2)12-19-16/h8-9,12-13,15,17H,3-7,10-11,18H2,1-2H3. The highest BCUT2D eigenvalue weighted by atomic mass is 14.7. The van der Waals surface area contributed by atoms with E-state index in [1.54, 1.807) is 0 Å². The minimum absolute atomic E-state index is 0.286. The lowest BCUT2D eigenvalue weighted by atomic mass is 9.76. The Hall–Kier alpha value is -0.890. The molecule has 0 radical (unpaired) electrons. The largest absolute Gasteiger partial charge is 0.327 e. The second-order valence-corrected chi connectivity index (χ2v) is 6.08. The highest BCUT2D eigenvalue weighted by Crippen LogP contribution is 2.33. The molecule has 2 nitrogen and oxygen atoms in total. The topological polar surface area (TPSA) is 38.9 Å². The monoisotopic (exact) mass is 260 g/mol. The summed E-state index contributed by atoms with van der Waals surface area (Å²) in [7, 11) is 0. The zero-order valence-corrected chi connectivity index (χ0v) is 12.4. The third-order valence-corrected chi connectivity index (χ3v) is 4.75. The molecule has 2 rings (SSSR count). The predicted molar refractivity (Wildman–Crippen MR) is 81.0 cm³/mol. The maximum Gasteiger partial charge on any atom is 0.0419 e. The van der Waals surface area contributed by atoms with Crippen LogP contribution < -0.4 is 5.73 Å². The van der Waals surface area contributed by atoms with Crippen molar-refractivity contribution in [2.75, 3.05) is 0 Å². The zero-order valence-electron chi connectivity index (χ0n) is 12.4. The van der Waals surface area contributed by atoms with Crippen molar-refractivity contribution >= 4 is 0 Å². The van der Waals surface area contributed by atoms with Gasteiger partial charge in [0.05, 0.1) is 0 Å². The van der Waals surface area contributed by atoms with E-state index in [-0.39, 0.29) is 6.04 Å². The second kappa shape index (κ2) is 7.04. The Kier molecular flexibility index (Phi) is 5.38. The van der Waals surface area contributed by atoms with Gasteiger partial charge < -0.3 is 5.73 Å². The van der Waals surface area contributed by atoms with Crippen LogP contribution in [0.15, 0.2) is 18.3 Å². The van der Waals surface area contributed by atoms with Crippen LogP contribution in [0.1, 0.15) is 57.2 Å². The van der Waals surface area contributed by atoms with E-state index in [2.05, 4.69) is 31.0 Å². The SMILES string of the molecule is CCc1ccc(CC(N)C2CCCC(CC)C2)nc1. The molecule has 19 heavy (non-hydrogen) atoms. The molecule has 2 heteroatoms. The van der Waals surface area contributed by atoms with Crippen molar-refractivity contribution in [3.63, 3.8) is 0 Å². The van der Waals surface area contributed by atoms with Gasteiger partial charge in [-0.05, 0) is 42.7 Å². The van der Waals surface area contributed by atoms with Gasteiger partial charge in [-0.1, -0.05) is 39.2 Å². The van der Waals surface area contributed by atoms with Crippen LogP contribution in [0.4, 0.5) is 0 Å². The molecule has 1 aromatic heterocycles. The minimum Gasteiger partial charge on any atom is -0.327 e. The molecule has 0 aliphatic heterocycles. The van der Waals surface area contributed by atoms with Crippen LogP contribution in [0.3, 0.4) is 0 Å². The van der Waals surface area contributed by atoms with Crippen molar-refractivity contribution in [1.82, 2.24) is 4.98 Å². The van der Waals surface area contributed by atoms with Gasteiger partial charge in [0.2, 0.25) is 0 Å². The van der Waals surface area contributed by atoms with E-state index in [4.69, 9.17) is 5.73 Å². The lowest BCUT2D eigenvalue weighted by molar-refractivity contribution is 0.228. The number of aromatic nitrogens is 1. The quantitative estimate of drug-likeness (QED) is 0.876. The average molecular weight is 260 g/mol. The molecule has 0 spiro atoms. The molecule has 0 aromatic carbocycles. The number of nitrogens with two attached hydrogens (primary N) is 1. The molecule has 1 heterocycles. The van der Waals surface area contributed by atoms with Crippen LogP contribution in [0.2, 0.25) is 0 Å². The maximum absolute atomic E-state index is 6.43. The van der Waals surface area contributed by atoms with Gasteiger partial charge in [0.1, 0.15) is 0 Å². The van der Waals surface area contributed by atoms with E-state index in [1.807, 2.05) is 6.20 Å². The first-order valence-electron chi connectivity index (χ1n) is 7.92. The Balaban J connectivity index is 1.90. The summed E-state index contributed by atoms with van der Waals surface area (Å²) < 4.78 is 0. The summed E-state index contributed by atoms with van der Waals surface area (Å²) in [6, 6.07) is 4.62. The van der Waals surface area contributed by atoms with Gasteiger partial charge in [0.15, 0.2) is 0 Å². The smallest absolute Gasteiger partial charge is 0.0419 e. The van der Waals surface area contributed by atoms with Crippen molar-refractivity contribution in [2.45, 2.75) is 64.8 Å². The normalized spacial score (nSPS) is 25.2. The predicted octanol–water partition coefficient (Wildman–Crippen LogP) is 3.73. The van der Waals surface area contributed by atoms with E-state index >= 15 is 0 Å². The summed E-state index contributed by atoms with van der Waals surface area (Å²) in [4.78, 5) is 4.54. The van der Waals surface area contributed by atoms with Crippen LogP contribution in [0, 0.1) is 11.8 Å². The number of nitrogens with zero attached hydrogens (tertiary/aromatic N) is 1. The molecule has 1 aliphatic carbocycles. The van der Waals surface area contributed by atoms with E-state index in [0.29, 0.717) is 5.92 Å². The molecule has 0 saturated heterocycles. The van der Waals surface area contributed by atoms with Crippen LogP contribution in [0.5, 0.6) is 0 Å². The van der Waals surface area contributed by atoms with Gasteiger partial charge in [-0.15, -0.1) is 0 Å². The first-order valence-corrected chi connectivity index (χ1v) is 7.92.